The van der Waals surface area contributed by atoms with Crippen LogP contribution in [0.5, 0.6) is 5.75 Å². The van der Waals surface area contributed by atoms with Gasteiger partial charge in [-0.1, -0.05) is 42.3 Å². The lowest BCUT2D eigenvalue weighted by atomic mass is 10.2. The molecule has 0 spiro atoms. The van der Waals surface area contributed by atoms with Crippen molar-refractivity contribution in [3.05, 3.63) is 58.3 Å². The number of nitrogens with one attached hydrogen (secondary N) is 1. The van der Waals surface area contributed by atoms with Gasteiger partial charge in [-0.25, -0.2) is 4.39 Å². The molecule has 2 rings (SSSR count). The van der Waals surface area contributed by atoms with Gasteiger partial charge in [0.25, 0.3) is 5.91 Å². The Balaban J connectivity index is 2.08. The highest BCUT2D eigenvalue weighted by Crippen LogP contribution is 2.25. The number of hydrogen-bond donors (Lipinski definition) is 1. The fourth-order valence-electron chi connectivity index (χ4n) is 1.81. The molecule has 1 N–H and O–H groups in total. The molecule has 0 saturated carbocycles. The van der Waals surface area contributed by atoms with Crippen LogP contribution < -0.4 is 10.1 Å². The summed E-state index contributed by atoms with van der Waals surface area (Å²) in [5.41, 5.74) is 0.401. The van der Waals surface area contributed by atoms with E-state index in [2.05, 4.69) is 5.32 Å². The highest BCUT2D eigenvalue weighted by molar-refractivity contribution is 6.32. The number of carbonyl (C=O) groups excluding carboxylic acids is 1. The Morgan fingerprint density at radius 2 is 1.95 bits per heavy atom. The van der Waals surface area contributed by atoms with Crippen LogP contribution in [-0.2, 0) is 4.79 Å². The molecule has 0 heterocycles. The molecule has 6 heteroatoms. The number of amides is 1. The predicted molar refractivity (Wildman–Crippen MR) is 86.2 cm³/mol. The highest BCUT2D eigenvalue weighted by atomic mass is 35.5. The first-order valence-electron chi connectivity index (χ1n) is 6.68. The molecule has 116 valence electrons. The number of hydrogen-bond acceptors (Lipinski definition) is 2. The molecule has 1 amide bonds. The predicted octanol–water partition coefficient (Wildman–Crippen LogP) is 4.93. The zero-order chi connectivity index (χ0) is 16.1. The maximum atomic E-state index is 13.1. The summed E-state index contributed by atoms with van der Waals surface area (Å²) >= 11 is 11.7. The average molecular weight is 342 g/mol. The molecule has 0 radical (unpaired) electrons. The van der Waals surface area contributed by atoms with E-state index >= 15 is 0 Å². The third kappa shape index (κ3) is 4.12. The zero-order valence-corrected chi connectivity index (χ0v) is 13.3. The van der Waals surface area contributed by atoms with Crippen LogP contribution in [0.3, 0.4) is 0 Å². The van der Waals surface area contributed by atoms with E-state index in [-0.39, 0.29) is 10.9 Å². The first-order chi connectivity index (χ1) is 10.5. The molecule has 2 aromatic rings. The summed E-state index contributed by atoms with van der Waals surface area (Å²) < 4.78 is 18.7. The maximum Gasteiger partial charge on any atom is 0.265 e. The van der Waals surface area contributed by atoms with E-state index in [0.717, 1.165) is 0 Å². The van der Waals surface area contributed by atoms with Crippen LogP contribution in [0.2, 0.25) is 10.0 Å². The number of halogens is 3. The minimum atomic E-state index is -0.719. The Morgan fingerprint density at radius 3 is 2.59 bits per heavy atom. The Bertz CT molecular complexity index is 679. The van der Waals surface area contributed by atoms with E-state index in [9.17, 15) is 9.18 Å². The summed E-state index contributed by atoms with van der Waals surface area (Å²) in [6.45, 7) is 1.82. The normalized spacial score (nSPS) is 11.8. The summed E-state index contributed by atoms with van der Waals surface area (Å²) in [5, 5.41) is 3.01. The molecule has 3 nitrogen and oxygen atoms in total. The first-order valence-corrected chi connectivity index (χ1v) is 7.44. The van der Waals surface area contributed by atoms with E-state index < -0.39 is 11.9 Å². The van der Waals surface area contributed by atoms with Crippen LogP contribution in [0.4, 0.5) is 10.1 Å². The maximum absolute atomic E-state index is 13.1. The molecule has 0 aliphatic carbocycles. The summed E-state index contributed by atoms with van der Waals surface area (Å²) in [7, 11) is 0. The summed E-state index contributed by atoms with van der Waals surface area (Å²) in [6.07, 6.45) is -0.268. The monoisotopic (exact) mass is 341 g/mol. The number of rotatable bonds is 5. The van der Waals surface area contributed by atoms with Crippen LogP contribution in [0.15, 0.2) is 42.5 Å². The molecular formula is C16H14Cl2FNO2. The fourth-order valence-corrected chi connectivity index (χ4v) is 2.17. The molecule has 0 aliphatic rings. The second-order valence-corrected chi connectivity index (χ2v) is 5.38. The van der Waals surface area contributed by atoms with Crippen LogP contribution in [0.25, 0.3) is 0 Å². The van der Waals surface area contributed by atoms with Crippen LogP contribution in [-0.4, -0.2) is 12.0 Å². The Morgan fingerprint density at radius 1 is 1.23 bits per heavy atom. The molecule has 0 aliphatic heterocycles. The number of anilines is 1. The van der Waals surface area contributed by atoms with Gasteiger partial charge in [-0.2, -0.15) is 0 Å². The van der Waals surface area contributed by atoms with Gasteiger partial charge >= 0.3 is 0 Å². The Hall–Kier alpha value is -1.78. The molecule has 1 unspecified atom stereocenters. The fraction of sp³-hybridized carbons (Fsp3) is 0.188. The second kappa shape index (κ2) is 7.47. The van der Waals surface area contributed by atoms with Crippen molar-refractivity contribution < 1.29 is 13.9 Å². The van der Waals surface area contributed by atoms with Crippen molar-refractivity contribution in [3.8, 4) is 5.75 Å². The largest absolute Gasteiger partial charge is 0.479 e. The van der Waals surface area contributed by atoms with E-state index in [1.54, 1.807) is 24.3 Å². The van der Waals surface area contributed by atoms with Gasteiger partial charge in [-0.05, 0) is 36.8 Å². The number of carbonyl (C=O) groups is 1. The lowest BCUT2D eigenvalue weighted by Crippen LogP contribution is -2.32. The zero-order valence-electron chi connectivity index (χ0n) is 11.8. The summed E-state index contributed by atoms with van der Waals surface area (Å²) in [4.78, 5) is 12.2. The quantitative estimate of drug-likeness (QED) is 0.837. The van der Waals surface area contributed by atoms with E-state index in [1.165, 1.54) is 18.2 Å². The molecule has 2 aromatic carbocycles. The summed E-state index contributed by atoms with van der Waals surface area (Å²) in [5.74, 6) is -0.465. The minimum Gasteiger partial charge on any atom is -0.479 e. The van der Waals surface area contributed by atoms with Gasteiger partial charge < -0.3 is 10.1 Å². The third-order valence-corrected chi connectivity index (χ3v) is 3.56. The van der Waals surface area contributed by atoms with Gasteiger partial charge in [-0.15, -0.1) is 0 Å². The third-order valence-electron chi connectivity index (χ3n) is 2.96. The molecule has 1 atom stereocenters. The van der Waals surface area contributed by atoms with Crippen molar-refractivity contribution in [3.63, 3.8) is 0 Å². The van der Waals surface area contributed by atoms with E-state index in [0.29, 0.717) is 22.9 Å². The SMILES string of the molecule is CCC(Oc1ccccc1Cl)C(=O)Nc1ccc(F)c(Cl)c1. The number of para-hydroxylation sites is 1. The van der Waals surface area contributed by atoms with Crippen molar-refractivity contribution in [1.29, 1.82) is 0 Å². The van der Waals surface area contributed by atoms with Gasteiger partial charge in [0.05, 0.1) is 10.0 Å². The van der Waals surface area contributed by atoms with Crippen molar-refractivity contribution in [2.24, 2.45) is 0 Å². The van der Waals surface area contributed by atoms with Crippen molar-refractivity contribution in [2.75, 3.05) is 5.32 Å². The average Bonchev–Trinajstić information content (AvgIpc) is 2.50. The van der Waals surface area contributed by atoms with Crippen molar-refractivity contribution >= 4 is 34.8 Å². The standard InChI is InChI=1S/C16H14Cl2FNO2/c1-2-14(22-15-6-4-3-5-11(15)17)16(21)20-10-7-8-13(19)12(18)9-10/h3-9,14H,2H2,1H3,(H,20,21). The van der Waals surface area contributed by atoms with Crippen LogP contribution in [0.1, 0.15) is 13.3 Å². The lowest BCUT2D eigenvalue weighted by molar-refractivity contribution is -0.122. The molecular weight excluding hydrogens is 328 g/mol. The smallest absolute Gasteiger partial charge is 0.265 e. The van der Waals surface area contributed by atoms with Gasteiger partial charge in [0.2, 0.25) is 0 Å². The highest BCUT2D eigenvalue weighted by Gasteiger charge is 2.19. The Labute approximate surface area is 138 Å². The number of benzene rings is 2. The summed E-state index contributed by atoms with van der Waals surface area (Å²) in [6, 6.07) is 10.9. The van der Waals surface area contributed by atoms with E-state index in [1.807, 2.05) is 6.92 Å². The second-order valence-electron chi connectivity index (χ2n) is 4.56. The topological polar surface area (TPSA) is 38.3 Å². The number of ether oxygens (including phenoxy) is 1. The molecule has 0 bridgehead atoms. The van der Waals surface area contributed by atoms with Gasteiger partial charge in [0.15, 0.2) is 6.10 Å². The minimum absolute atomic E-state index is 0.0575. The lowest BCUT2D eigenvalue weighted by Gasteiger charge is -2.18. The van der Waals surface area contributed by atoms with Gasteiger partial charge in [-0.3, -0.25) is 4.79 Å². The van der Waals surface area contributed by atoms with Crippen LogP contribution >= 0.6 is 23.2 Å². The molecule has 0 saturated heterocycles. The van der Waals surface area contributed by atoms with Crippen molar-refractivity contribution in [1.82, 2.24) is 0 Å². The molecule has 0 aromatic heterocycles. The van der Waals surface area contributed by atoms with Gasteiger partial charge in [0, 0.05) is 5.69 Å². The van der Waals surface area contributed by atoms with Crippen molar-refractivity contribution in [2.45, 2.75) is 19.4 Å². The Kier molecular flexibility index (Phi) is 5.63. The van der Waals surface area contributed by atoms with E-state index in [4.69, 9.17) is 27.9 Å². The first kappa shape index (κ1) is 16.6. The molecule has 22 heavy (non-hydrogen) atoms. The molecule has 0 fully saturated rings. The van der Waals surface area contributed by atoms with Gasteiger partial charge in [0.1, 0.15) is 11.6 Å². The van der Waals surface area contributed by atoms with Crippen LogP contribution in [0, 0.1) is 5.82 Å².